The lowest BCUT2D eigenvalue weighted by Crippen LogP contribution is -2.56. The summed E-state index contributed by atoms with van der Waals surface area (Å²) < 4.78 is 23.1. The van der Waals surface area contributed by atoms with E-state index in [9.17, 15) is 13.5 Å². The Kier molecular flexibility index (Phi) is 6.48. The summed E-state index contributed by atoms with van der Waals surface area (Å²) in [4.78, 5) is 2.15. The van der Waals surface area contributed by atoms with Crippen molar-refractivity contribution in [3.8, 4) is 0 Å². The van der Waals surface area contributed by atoms with Crippen LogP contribution >= 0.6 is 0 Å². The van der Waals surface area contributed by atoms with E-state index in [-0.39, 0.29) is 17.0 Å². The molecule has 1 rings (SSSR count). The molecule has 1 fully saturated rings. The number of nitrogens with zero attached hydrogens (tertiary/aromatic N) is 1. The predicted octanol–water partition coefficient (Wildman–Crippen LogP) is 2.07. The van der Waals surface area contributed by atoms with E-state index in [0.717, 1.165) is 19.3 Å². The Morgan fingerprint density at radius 1 is 1.40 bits per heavy atom. The van der Waals surface area contributed by atoms with E-state index in [1.54, 1.807) is 6.92 Å². The van der Waals surface area contributed by atoms with Crippen LogP contribution in [-0.2, 0) is 9.84 Å². The summed E-state index contributed by atoms with van der Waals surface area (Å²) in [5.41, 5.74) is -0.173. The minimum atomic E-state index is -2.92. The van der Waals surface area contributed by atoms with Gasteiger partial charge in [-0.05, 0) is 45.7 Å². The van der Waals surface area contributed by atoms with Crippen LogP contribution < -0.4 is 0 Å². The van der Waals surface area contributed by atoms with Gasteiger partial charge in [-0.3, -0.25) is 0 Å². The fourth-order valence-corrected chi connectivity index (χ4v) is 4.38. The van der Waals surface area contributed by atoms with E-state index < -0.39 is 15.9 Å². The van der Waals surface area contributed by atoms with Crippen molar-refractivity contribution in [1.29, 1.82) is 0 Å². The lowest BCUT2D eigenvalue weighted by atomic mass is 9.71. The van der Waals surface area contributed by atoms with Gasteiger partial charge in [0.15, 0.2) is 0 Å². The highest BCUT2D eigenvalue weighted by atomic mass is 32.2. The summed E-state index contributed by atoms with van der Waals surface area (Å²) >= 11 is 0. The fraction of sp³-hybridized carbons (Fsp3) is 1.00. The summed E-state index contributed by atoms with van der Waals surface area (Å²) in [5, 5.41) is 10.6. The van der Waals surface area contributed by atoms with E-state index in [0.29, 0.717) is 18.8 Å². The van der Waals surface area contributed by atoms with Crippen molar-refractivity contribution in [2.24, 2.45) is 5.92 Å². The molecule has 3 unspecified atom stereocenters. The molecule has 1 saturated carbocycles. The molecule has 120 valence electrons. The zero-order valence-corrected chi connectivity index (χ0v) is 14.2. The van der Waals surface area contributed by atoms with Crippen LogP contribution in [0.5, 0.6) is 0 Å². The van der Waals surface area contributed by atoms with Crippen LogP contribution in [0, 0.1) is 5.92 Å². The lowest BCUT2D eigenvalue weighted by molar-refractivity contribution is -0.0467. The largest absolute Gasteiger partial charge is 0.391 e. The number of hydrogen-bond donors (Lipinski definition) is 1. The van der Waals surface area contributed by atoms with E-state index in [1.807, 2.05) is 14.1 Å². The molecular weight excluding hydrogens is 274 g/mol. The van der Waals surface area contributed by atoms with Gasteiger partial charge in [-0.15, -0.1) is 0 Å². The molecule has 5 heteroatoms. The number of likely N-dealkylation sites (N-methyl/N-ethyl adjacent to an activating group) is 1. The van der Waals surface area contributed by atoms with Gasteiger partial charge in [-0.25, -0.2) is 8.42 Å². The Hall–Kier alpha value is -0.130. The molecule has 0 spiro atoms. The van der Waals surface area contributed by atoms with E-state index in [1.165, 1.54) is 6.42 Å². The van der Waals surface area contributed by atoms with E-state index >= 15 is 0 Å². The van der Waals surface area contributed by atoms with Gasteiger partial charge in [0.05, 0.1) is 11.9 Å². The van der Waals surface area contributed by atoms with Crippen molar-refractivity contribution in [1.82, 2.24) is 4.90 Å². The second-order valence-corrected chi connectivity index (χ2v) is 9.07. The number of hydrogen-bond acceptors (Lipinski definition) is 4. The summed E-state index contributed by atoms with van der Waals surface area (Å²) in [5.74, 6) is 1.01. The van der Waals surface area contributed by atoms with E-state index in [2.05, 4.69) is 11.8 Å². The molecular formula is C15H31NO3S. The molecule has 0 aromatic heterocycles. The molecule has 0 aromatic rings. The Balaban J connectivity index is 2.63. The zero-order chi connectivity index (χ0) is 15.4. The van der Waals surface area contributed by atoms with Crippen LogP contribution in [-0.4, -0.2) is 55.7 Å². The molecule has 4 nitrogen and oxygen atoms in total. The van der Waals surface area contributed by atoms with Crippen molar-refractivity contribution in [2.45, 2.75) is 64.0 Å². The van der Waals surface area contributed by atoms with Gasteiger partial charge in [0.1, 0.15) is 9.84 Å². The average Bonchev–Trinajstić information content (AvgIpc) is 2.38. The maximum absolute atomic E-state index is 11.5. The number of sulfone groups is 1. The van der Waals surface area contributed by atoms with Gasteiger partial charge in [0.25, 0.3) is 0 Å². The summed E-state index contributed by atoms with van der Waals surface area (Å²) in [6.45, 7) is 3.92. The van der Waals surface area contributed by atoms with Gasteiger partial charge < -0.3 is 10.0 Å². The van der Waals surface area contributed by atoms with Gasteiger partial charge >= 0.3 is 0 Å². The lowest BCUT2D eigenvalue weighted by Gasteiger charge is -2.48. The third kappa shape index (κ3) is 4.43. The van der Waals surface area contributed by atoms with Crippen molar-refractivity contribution in [2.75, 3.05) is 25.6 Å². The smallest absolute Gasteiger partial charge is 0.150 e. The molecule has 0 amide bonds. The number of rotatable bonds is 7. The van der Waals surface area contributed by atoms with Crippen LogP contribution in [0.4, 0.5) is 0 Å². The first-order valence-corrected chi connectivity index (χ1v) is 9.61. The maximum Gasteiger partial charge on any atom is 0.150 e. The third-order valence-electron chi connectivity index (χ3n) is 4.89. The third-order valence-corrected chi connectivity index (χ3v) is 6.68. The molecule has 0 heterocycles. The SMILES string of the molecule is CCS(=O)(=O)CCCC(O)C1(N(C)C)CCCC(C)C1. The second-order valence-electron chi connectivity index (χ2n) is 6.59. The van der Waals surface area contributed by atoms with Crippen molar-refractivity contribution < 1.29 is 13.5 Å². The standard InChI is InChI=1S/C15H31NO3S/c1-5-20(18,19)11-7-9-14(17)15(16(3)4)10-6-8-13(2)12-15/h13-14,17H,5-12H2,1-4H3. The second kappa shape index (κ2) is 7.23. The minimum Gasteiger partial charge on any atom is -0.391 e. The van der Waals surface area contributed by atoms with Crippen LogP contribution in [0.1, 0.15) is 52.4 Å². The average molecular weight is 305 g/mol. The maximum atomic E-state index is 11.5. The Labute approximate surface area is 124 Å². The van der Waals surface area contributed by atoms with Crippen molar-refractivity contribution >= 4 is 9.84 Å². The van der Waals surface area contributed by atoms with Crippen molar-refractivity contribution in [3.05, 3.63) is 0 Å². The topological polar surface area (TPSA) is 57.6 Å². The molecule has 20 heavy (non-hydrogen) atoms. The monoisotopic (exact) mass is 305 g/mol. The highest BCUT2D eigenvalue weighted by molar-refractivity contribution is 7.91. The van der Waals surface area contributed by atoms with Crippen LogP contribution in [0.15, 0.2) is 0 Å². The zero-order valence-electron chi connectivity index (χ0n) is 13.4. The normalized spacial score (nSPS) is 29.6. The first kappa shape index (κ1) is 17.9. The molecule has 1 aliphatic rings. The number of aliphatic hydroxyl groups is 1. The quantitative estimate of drug-likeness (QED) is 0.782. The predicted molar refractivity (Wildman–Crippen MR) is 83.6 cm³/mol. The molecule has 0 bridgehead atoms. The molecule has 1 aliphatic carbocycles. The number of aliphatic hydroxyl groups excluding tert-OH is 1. The highest BCUT2D eigenvalue weighted by Crippen LogP contribution is 2.39. The summed E-state index contributed by atoms with van der Waals surface area (Å²) in [6, 6.07) is 0. The van der Waals surface area contributed by atoms with Gasteiger partial charge in [0, 0.05) is 11.3 Å². The minimum absolute atomic E-state index is 0.173. The Morgan fingerprint density at radius 3 is 2.55 bits per heavy atom. The van der Waals surface area contributed by atoms with Gasteiger partial charge in [0.2, 0.25) is 0 Å². The Bertz CT molecular complexity index is 394. The first-order chi connectivity index (χ1) is 9.23. The van der Waals surface area contributed by atoms with E-state index in [4.69, 9.17) is 0 Å². The molecule has 0 saturated heterocycles. The molecule has 1 N–H and O–H groups in total. The summed E-state index contributed by atoms with van der Waals surface area (Å²) in [6.07, 6.45) is 5.07. The molecule has 0 radical (unpaired) electrons. The summed E-state index contributed by atoms with van der Waals surface area (Å²) in [7, 11) is 1.14. The van der Waals surface area contributed by atoms with Crippen LogP contribution in [0.25, 0.3) is 0 Å². The fourth-order valence-electron chi connectivity index (χ4n) is 3.48. The first-order valence-electron chi connectivity index (χ1n) is 7.79. The van der Waals surface area contributed by atoms with Crippen molar-refractivity contribution in [3.63, 3.8) is 0 Å². The molecule has 0 aromatic carbocycles. The molecule has 0 aliphatic heterocycles. The molecule has 3 atom stereocenters. The van der Waals surface area contributed by atoms with Crippen LogP contribution in [0.2, 0.25) is 0 Å². The van der Waals surface area contributed by atoms with Crippen LogP contribution in [0.3, 0.4) is 0 Å². The van der Waals surface area contributed by atoms with Gasteiger partial charge in [-0.2, -0.15) is 0 Å². The highest BCUT2D eigenvalue weighted by Gasteiger charge is 2.42. The van der Waals surface area contributed by atoms with Gasteiger partial charge in [-0.1, -0.05) is 26.7 Å². The Morgan fingerprint density at radius 2 is 2.05 bits per heavy atom.